The number of rotatable bonds is 11. The molecule has 3 aromatic rings. The lowest BCUT2D eigenvalue weighted by atomic mass is 9.82. The van der Waals surface area contributed by atoms with Gasteiger partial charge < -0.3 is 20.9 Å². The van der Waals surface area contributed by atoms with Gasteiger partial charge >= 0.3 is 0 Å². The summed E-state index contributed by atoms with van der Waals surface area (Å²) < 4.78 is 13.7. The number of halogens is 1. The number of nitrogens with one attached hydrogen (secondary N) is 1. The fraction of sp³-hybridized carbons (Fsp3) is 0.303. The molecule has 0 saturated heterocycles. The van der Waals surface area contributed by atoms with E-state index in [2.05, 4.69) is 11.9 Å². The molecule has 41 heavy (non-hydrogen) atoms. The van der Waals surface area contributed by atoms with Gasteiger partial charge in [0.05, 0.1) is 36.3 Å². The fourth-order valence-electron chi connectivity index (χ4n) is 5.38. The van der Waals surface area contributed by atoms with Crippen molar-refractivity contribution in [2.24, 2.45) is 23.5 Å². The molecule has 1 aliphatic rings. The summed E-state index contributed by atoms with van der Waals surface area (Å²) in [5.74, 6) is -3.00. The van der Waals surface area contributed by atoms with E-state index in [-0.39, 0.29) is 37.2 Å². The highest BCUT2D eigenvalue weighted by Gasteiger charge is 2.38. The largest absolute Gasteiger partial charge is 0.369 e. The molecule has 1 unspecified atom stereocenters. The van der Waals surface area contributed by atoms with Crippen LogP contribution in [-0.4, -0.2) is 30.3 Å². The monoisotopic (exact) mass is 556 g/mol. The van der Waals surface area contributed by atoms with Gasteiger partial charge in [-0.15, -0.1) is 6.58 Å². The molecule has 0 aromatic heterocycles. The first-order valence-electron chi connectivity index (χ1n) is 13.9. The van der Waals surface area contributed by atoms with Gasteiger partial charge in [0.1, 0.15) is 11.9 Å². The quantitative estimate of drug-likeness (QED) is 0.312. The van der Waals surface area contributed by atoms with Crippen LogP contribution in [0, 0.1) is 23.6 Å². The van der Waals surface area contributed by atoms with E-state index in [0.29, 0.717) is 12.1 Å². The molecule has 0 spiro atoms. The van der Waals surface area contributed by atoms with Crippen molar-refractivity contribution >= 4 is 34.8 Å². The maximum Gasteiger partial charge on any atom is 0.251 e. The second kappa shape index (κ2) is 13.3. The lowest BCUT2D eigenvalue weighted by Crippen LogP contribution is -2.54. The average molecular weight is 557 g/mol. The van der Waals surface area contributed by atoms with E-state index in [1.807, 2.05) is 73.3 Å². The van der Waals surface area contributed by atoms with Gasteiger partial charge in [-0.2, -0.15) is 0 Å². The van der Waals surface area contributed by atoms with Crippen LogP contribution in [-0.2, 0) is 20.9 Å². The van der Waals surface area contributed by atoms with Crippen LogP contribution in [0.4, 0.5) is 21.5 Å². The Hall–Kier alpha value is -4.46. The van der Waals surface area contributed by atoms with E-state index in [1.54, 1.807) is 23.1 Å². The molecule has 7 nitrogen and oxygen atoms in total. The Bertz CT molecular complexity index is 1380. The number of hydrogen-bond donors (Lipinski definition) is 2. The highest BCUT2D eigenvalue weighted by atomic mass is 19.1. The van der Waals surface area contributed by atoms with Crippen molar-refractivity contribution < 1.29 is 18.8 Å². The first kappa shape index (κ1) is 29.5. The van der Waals surface area contributed by atoms with Crippen LogP contribution in [0.15, 0.2) is 91.5 Å². The maximum atomic E-state index is 14.3. The molecule has 1 aliphatic heterocycles. The molecule has 3 atom stereocenters. The Balaban J connectivity index is 1.76. The van der Waals surface area contributed by atoms with Crippen molar-refractivity contribution in [1.29, 1.82) is 0 Å². The summed E-state index contributed by atoms with van der Waals surface area (Å²) in [6.45, 7) is 8.03. The third-order valence-corrected chi connectivity index (χ3v) is 7.36. The van der Waals surface area contributed by atoms with E-state index in [0.717, 1.165) is 16.9 Å². The van der Waals surface area contributed by atoms with Gasteiger partial charge in [-0.25, -0.2) is 4.39 Å². The zero-order valence-corrected chi connectivity index (χ0v) is 23.5. The Morgan fingerprint density at radius 3 is 2.24 bits per heavy atom. The van der Waals surface area contributed by atoms with E-state index < -0.39 is 29.7 Å². The molecule has 0 saturated carbocycles. The molecule has 8 heteroatoms. The summed E-state index contributed by atoms with van der Waals surface area (Å²) in [6.07, 6.45) is 2.28. The van der Waals surface area contributed by atoms with E-state index in [4.69, 9.17) is 5.73 Å². The number of hydrogen-bond acceptors (Lipinski definition) is 4. The summed E-state index contributed by atoms with van der Waals surface area (Å²) >= 11 is 0. The third kappa shape index (κ3) is 7.01. The summed E-state index contributed by atoms with van der Waals surface area (Å²) in [7, 11) is 0. The number of para-hydroxylation sites is 3. The van der Waals surface area contributed by atoms with Gasteiger partial charge in [0.15, 0.2) is 0 Å². The van der Waals surface area contributed by atoms with Crippen LogP contribution in [0.5, 0.6) is 0 Å². The number of primary amides is 1. The molecule has 1 heterocycles. The Labute approximate surface area is 240 Å². The SMILES string of the molecule is C=CC[C@H](C(N)=O)[C@@H](CC(C)C)C(=O)NC1CN(c2ccccc2)c2ccccc2N(Cc2ccc(F)cc2)C1=O. The number of fused-ring (bicyclic) bond motifs is 1. The highest BCUT2D eigenvalue weighted by Crippen LogP contribution is 2.38. The summed E-state index contributed by atoms with van der Waals surface area (Å²) in [6, 6.07) is 22.3. The normalized spacial score (nSPS) is 16.5. The number of carbonyl (C=O) groups excluding carboxylic acids is 3. The summed E-state index contributed by atoms with van der Waals surface area (Å²) in [4.78, 5) is 44.1. The van der Waals surface area contributed by atoms with E-state index in [9.17, 15) is 18.8 Å². The zero-order chi connectivity index (χ0) is 29.5. The van der Waals surface area contributed by atoms with Crippen LogP contribution in [0.1, 0.15) is 32.3 Å². The minimum Gasteiger partial charge on any atom is -0.369 e. The van der Waals surface area contributed by atoms with Crippen molar-refractivity contribution in [2.45, 2.75) is 39.3 Å². The Morgan fingerprint density at radius 2 is 1.63 bits per heavy atom. The Kier molecular flexibility index (Phi) is 9.55. The third-order valence-electron chi connectivity index (χ3n) is 7.36. The van der Waals surface area contributed by atoms with Gasteiger partial charge in [-0.1, -0.05) is 62.4 Å². The zero-order valence-electron chi connectivity index (χ0n) is 23.5. The Morgan fingerprint density at radius 1 is 1.00 bits per heavy atom. The van der Waals surface area contributed by atoms with E-state index >= 15 is 0 Å². The maximum absolute atomic E-state index is 14.3. The molecule has 4 rings (SSSR count). The number of anilines is 3. The molecule has 0 aliphatic carbocycles. The first-order valence-corrected chi connectivity index (χ1v) is 13.9. The highest BCUT2D eigenvalue weighted by molar-refractivity contribution is 6.04. The van der Waals surface area contributed by atoms with Gasteiger partial charge in [0, 0.05) is 5.69 Å². The lowest BCUT2D eigenvalue weighted by Gasteiger charge is -2.30. The molecule has 0 fully saturated rings. The van der Waals surface area contributed by atoms with Crippen LogP contribution in [0.25, 0.3) is 0 Å². The van der Waals surface area contributed by atoms with Crippen LogP contribution >= 0.6 is 0 Å². The number of allylic oxidation sites excluding steroid dienone is 1. The summed E-state index contributed by atoms with van der Waals surface area (Å²) in [5.41, 5.74) is 8.79. The van der Waals surface area contributed by atoms with Crippen molar-refractivity contribution in [2.75, 3.05) is 16.3 Å². The molecule has 3 N–H and O–H groups in total. The predicted molar refractivity (Wildman–Crippen MR) is 160 cm³/mol. The topological polar surface area (TPSA) is 95.7 Å². The molecule has 3 aromatic carbocycles. The van der Waals surface area contributed by atoms with Crippen molar-refractivity contribution in [3.05, 3.63) is 103 Å². The van der Waals surface area contributed by atoms with Crippen LogP contribution < -0.4 is 20.9 Å². The minimum absolute atomic E-state index is 0.113. The average Bonchev–Trinajstić information content (AvgIpc) is 3.07. The standard InChI is InChI=1S/C33H37FN4O3/c1-4-10-26(31(35)39)27(19-22(2)3)32(40)36-28-21-37(25-11-6-5-7-12-25)29-13-8-9-14-30(29)38(33(28)41)20-23-15-17-24(34)18-16-23/h4-9,11-18,22,26-28H,1,10,19-21H2,2-3H3,(H2,35,39)(H,36,40)/t26-,27+,28?/m0/s1. The molecule has 0 radical (unpaired) electrons. The molecule has 3 amide bonds. The van der Waals surface area contributed by atoms with Gasteiger partial charge in [-0.3, -0.25) is 14.4 Å². The molecule has 214 valence electrons. The lowest BCUT2D eigenvalue weighted by molar-refractivity contribution is -0.135. The second-order valence-electron chi connectivity index (χ2n) is 10.8. The second-order valence-corrected chi connectivity index (χ2v) is 10.8. The van der Waals surface area contributed by atoms with Crippen LogP contribution in [0.2, 0.25) is 0 Å². The summed E-state index contributed by atoms with van der Waals surface area (Å²) in [5, 5.41) is 2.99. The van der Waals surface area contributed by atoms with E-state index in [1.165, 1.54) is 12.1 Å². The number of amides is 3. The van der Waals surface area contributed by atoms with Crippen LogP contribution in [0.3, 0.4) is 0 Å². The number of benzene rings is 3. The molecule has 0 bridgehead atoms. The predicted octanol–water partition coefficient (Wildman–Crippen LogP) is 5.34. The number of carbonyl (C=O) groups is 3. The number of nitrogens with zero attached hydrogens (tertiary/aromatic N) is 2. The van der Waals surface area contributed by atoms with Crippen molar-refractivity contribution in [3.63, 3.8) is 0 Å². The van der Waals surface area contributed by atoms with Gasteiger partial charge in [0.25, 0.3) is 5.91 Å². The van der Waals surface area contributed by atoms with Gasteiger partial charge in [-0.05, 0) is 60.7 Å². The molecular formula is C33H37FN4O3. The smallest absolute Gasteiger partial charge is 0.251 e. The van der Waals surface area contributed by atoms with Crippen molar-refractivity contribution in [1.82, 2.24) is 5.32 Å². The van der Waals surface area contributed by atoms with Gasteiger partial charge in [0.2, 0.25) is 11.8 Å². The first-order chi connectivity index (χ1) is 19.7. The molecular weight excluding hydrogens is 519 g/mol. The minimum atomic E-state index is -0.942. The van der Waals surface area contributed by atoms with Crippen molar-refractivity contribution in [3.8, 4) is 0 Å². The fourth-order valence-corrected chi connectivity index (χ4v) is 5.38. The number of nitrogens with two attached hydrogens (primary N) is 1.